The molecular weight excluding hydrogens is 229 g/mol. The Bertz CT molecular complexity index is 308. The minimum absolute atomic E-state index is 0.342. The van der Waals surface area contributed by atoms with Crippen molar-refractivity contribution in [2.45, 2.75) is 4.90 Å². The third kappa shape index (κ3) is 2.21. The second-order valence-electron chi connectivity index (χ2n) is 1.77. The average molecular weight is 232 g/mol. The van der Waals surface area contributed by atoms with Crippen LogP contribution in [0.2, 0.25) is 0 Å². The van der Waals surface area contributed by atoms with Gasteiger partial charge in [-0.05, 0) is 45.9 Å². The minimum Gasteiger partial charge on any atom is -0.206 e. The number of halogens is 2. The van der Waals surface area contributed by atoms with Gasteiger partial charge in [0.15, 0.2) is 0 Å². The van der Waals surface area contributed by atoms with Crippen LogP contribution in [-0.4, -0.2) is 0 Å². The maximum atomic E-state index is 12.7. The van der Waals surface area contributed by atoms with Crippen molar-refractivity contribution in [1.82, 2.24) is 0 Å². The lowest BCUT2D eigenvalue weighted by molar-refractivity contribution is 0.617. The van der Waals surface area contributed by atoms with Crippen LogP contribution in [-0.2, 0) is 0 Å². The Hall–Kier alpha value is -0.530. The van der Waals surface area contributed by atoms with E-state index < -0.39 is 0 Å². The first-order valence-electron chi connectivity index (χ1n) is 2.75. The van der Waals surface area contributed by atoms with Gasteiger partial charge in [0.25, 0.3) is 0 Å². The summed E-state index contributed by atoms with van der Waals surface area (Å²) >= 11 is 3.96. The SMILES string of the molecule is N#CSc1ccc(Br)c(F)c1. The van der Waals surface area contributed by atoms with Gasteiger partial charge in [0.1, 0.15) is 11.2 Å². The van der Waals surface area contributed by atoms with Crippen molar-refractivity contribution in [3.05, 3.63) is 28.5 Å². The van der Waals surface area contributed by atoms with Crippen molar-refractivity contribution in [2.24, 2.45) is 0 Å². The van der Waals surface area contributed by atoms with Crippen LogP contribution in [0.1, 0.15) is 0 Å². The summed E-state index contributed by atoms with van der Waals surface area (Å²) in [7, 11) is 0. The van der Waals surface area contributed by atoms with Crippen molar-refractivity contribution in [3.8, 4) is 5.40 Å². The molecule has 0 saturated carbocycles. The Morgan fingerprint density at radius 2 is 2.27 bits per heavy atom. The van der Waals surface area contributed by atoms with Gasteiger partial charge in [-0.1, -0.05) is 0 Å². The molecule has 0 bridgehead atoms. The summed E-state index contributed by atoms with van der Waals surface area (Å²) in [5.74, 6) is -0.342. The van der Waals surface area contributed by atoms with E-state index in [9.17, 15) is 4.39 Å². The van der Waals surface area contributed by atoms with Gasteiger partial charge < -0.3 is 0 Å². The van der Waals surface area contributed by atoms with Gasteiger partial charge in [0.2, 0.25) is 0 Å². The normalized spacial score (nSPS) is 9.18. The number of hydrogen-bond acceptors (Lipinski definition) is 2. The fourth-order valence-electron chi connectivity index (χ4n) is 0.593. The molecule has 4 heteroatoms. The van der Waals surface area contributed by atoms with Crippen LogP contribution in [0.4, 0.5) is 4.39 Å². The summed E-state index contributed by atoms with van der Waals surface area (Å²) < 4.78 is 13.1. The highest BCUT2D eigenvalue weighted by molar-refractivity contribution is 9.10. The zero-order chi connectivity index (χ0) is 8.27. The molecule has 0 unspecified atom stereocenters. The summed E-state index contributed by atoms with van der Waals surface area (Å²) in [6.45, 7) is 0. The van der Waals surface area contributed by atoms with Gasteiger partial charge in [-0.3, -0.25) is 0 Å². The first-order chi connectivity index (χ1) is 5.24. The van der Waals surface area contributed by atoms with Crippen LogP contribution in [0.5, 0.6) is 0 Å². The molecule has 0 spiro atoms. The fourth-order valence-corrected chi connectivity index (χ4v) is 1.24. The van der Waals surface area contributed by atoms with Crippen molar-refractivity contribution < 1.29 is 4.39 Å². The molecule has 0 fully saturated rings. The van der Waals surface area contributed by atoms with E-state index in [1.165, 1.54) is 6.07 Å². The van der Waals surface area contributed by atoms with E-state index in [-0.39, 0.29) is 5.82 Å². The van der Waals surface area contributed by atoms with E-state index in [2.05, 4.69) is 15.9 Å². The summed E-state index contributed by atoms with van der Waals surface area (Å²) in [6.07, 6.45) is 0. The molecule has 11 heavy (non-hydrogen) atoms. The molecule has 0 saturated heterocycles. The fraction of sp³-hybridized carbons (Fsp3) is 0. The molecule has 0 aliphatic rings. The van der Waals surface area contributed by atoms with Crippen LogP contribution in [0.25, 0.3) is 0 Å². The van der Waals surface area contributed by atoms with Gasteiger partial charge in [-0.25, -0.2) is 4.39 Å². The third-order valence-corrected chi connectivity index (χ3v) is 2.28. The first kappa shape index (κ1) is 8.57. The maximum absolute atomic E-state index is 12.7. The number of hydrogen-bond donors (Lipinski definition) is 0. The van der Waals surface area contributed by atoms with Crippen LogP contribution in [0.15, 0.2) is 27.6 Å². The molecule has 1 aromatic rings. The second kappa shape index (κ2) is 3.74. The Kier molecular flexibility index (Phi) is 2.92. The number of thioether (sulfide) groups is 1. The molecule has 0 aliphatic carbocycles. The molecule has 1 rings (SSSR count). The molecule has 0 aliphatic heterocycles. The van der Waals surface area contributed by atoms with Gasteiger partial charge in [-0.2, -0.15) is 5.26 Å². The van der Waals surface area contributed by atoms with Gasteiger partial charge in [0.05, 0.1) is 4.47 Å². The average Bonchev–Trinajstić information content (AvgIpc) is 1.98. The quantitative estimate of drug-likeness (QED) is 0.548. The van der Waals surface area contributed by atoms with E-state index >= 15 is 0 Å². The maximum Gasteiger partial charge on any atom is 0.138 e. The highest BCUT2D eigenvalue weighted by atomic mass is 79.9. The Morgan fingerprint density at radius 1 is 1.55 bits per heavy atom. The molecule has 1 nitrogen and oxygen atoms in total. The molecule has 0 amide bonds. The van der Waals surface area contributed by atoms with Crippen molar-refractivity contribution in [1.29, 1.82) is 5.26 Å². The number of nitriles is 1. The molecule has 0 radical (unpaired) electrons. The topological polar surface area (TPSA) is 23.8 Å². The van der Waals surface area contributed by atoms with Crippen LogP contribution < -0.4 is 0 Å². The Balaban J connectivity index is 2.98. The van der Waals surface area contributed by atoms with Crippen molar-refractivity contribution in [2.75, 3.05) is 0 Å². The minimum atomic E-state index is -0.342. The second-order valence-corrected chi connectivity index (χ2v) is 3.48. The largest absolute Gasteiger partial charge is 0.206 e. The molecule has 1 aromatic carbocycles. The zero-order valence-corrected chi connectivity index (χ0v) is 7.75. The zero-order valence-electron chi connectivity index (χ0n) is 5.34. The van der Waals surface area contributed by atoms with Crippen molar-refractivity contribution >= 4 is 27.7 Å². The third-order valence-electron chi connectivity index (χ3n) is 1.05. The molecule has 0 atom stereocenters. The van der Waals surface area contributed by atoms with E-state index in [1.54, 1.807) is 12.1 Å². The monoisotopic (exact) mass is 231 g/mol. The lowest BCUT2D eigenvalue weighted by atomic mass is 10.3. The number of benzene rings is 1. The van der Waals surface area contributed by atoms with E-state index in [4.69, 9.17) is 5.26 Å². The lowest BCUT2D eigenvalue weighted by Crippen LogP contribution is -1.76. The highest BCUT2D eigenvalue weighted by Crippen LogP contribution is 2.22. The van der Waals surface area contributed by atoms with Gasteiger partial charge in [0, 0.05) is 4.90 Å². The molecule has 0 heterocycles. The number of thiocyanates is 1. The Morgan fingerprint density at radius 3 is 2.82 bits per heavy atom. The summed E-state index contributed by atoms with van der Waals surface area (Å²) in [4.78, 5) is 0.619. The first-order valence-corrected chi connectivity index (χ1v) is 4.36. The predicted molar refractivity (Wildman–Crippen MR) is 45.6 cm³/mol. The Labute approximate surface area is 76.3 Å². The van der Waals surface area contributed by atoms with Crippen LogP contribution in [0.3, 0.4) is 0 Å². The van der Waals surface area contributed by atoms with Gasteiger partial charge >= 0.3 is 0 Å². The predicted octanol–water partition coefficient (Wildman–Crippen LogP) is 3.16. The molecule has 0 aromatic heterocycles. The van der Waals surface area contributed by atoms with E-state index in [0.717, 1.165) is 11.8 Å². The van der Waals surface area contributed by atoms with E-state index in [0.29, 0.717) is 9.37 Å². The highest BCUT2D eigenvalue weighted by Gasteiger charge is 1.99. The molecular formula is C7H3BrFNS. The van der Waals surface area contributed by atoms with Crippen molar-refractivity contribution in [3.63, 3.8) is 0 Å². The lowest BCUT2D eigenvalue weighted by Gasteiger charge is -1.94. The van der Waals surface area contributed by atoms with Gasteiger partial charge in [-0.15, -0.1) is 0 Å². The summed E-state index contributed by atoms with van der Waals surface area (Å²) in [5, 5.41) is 10.1. The van der Waals surface area contributed by atoms with Crippen LogP contribution in [0, 0.1) is 16.5 Å². The number of nitrogens with zero attached hydrogens (tertiary/aromatic N) is 1. The number of rotatable bonds is 1. The summed E-state index contributed by atoms with van der Waals surface area (Å²) in [5.41, 5.74) is 0. The van der Waals surface area contributed by atoms with Crippen LogP contribution >= 0.6 is 27.7 Å². The smallest absolute Gasteiger partial charge is 0.138 e. The molecule has 0 N–H and O–H groups in total. The van der Waals surface area contributed by atoms with E-state index in [1.807, 2.05) is 5.40 Å². The summed E-state index contributed by atoms with van der Waals surface area (Å²) in [6, 6.07) is 4.58. The molecule has 56 valence electrons. The standard InChI is InChI=1S/C7H3BrFNS/c8-6-2-1-5(11-4-10)3-7(6)9/h1-3H.